The van der Waals surface area contributed by atoms with E-state index in [-0.39, 0.29) is 20.1 Å². The van der Waals surface area contributed by atoms with E-state index in [9.17, 15) is 27.0 Å². The van der Waals surface area contributed by atoms with Gasteiger partial charge in [0.25, 0.3) is 20.0 Å². The molecule has 0 fully saturated rings. The fourth-order valence-electron chi connectivity index (χ4n) is 1.62. The maximum atomic E-state index is 12.2. The van der Waals surface area contributed by atoms with E-state index in [1.165, 1.54) is 0 Å². The van der Waals surface area contributed by atoms with Gasteiger partial charge in [0, 0.05) is 0 Å². The van der Waals surface area contributed by atoms with E-state index < -0.39 is 41.3 Å². The molecule has 0 aromatic heterocycles. The number of benzene rings is 2. The monoisotopic (exact) mass is 480 g/mol. The minimum atomic E-state index is -4.43. The van der Waals surface area contributed by atoms with Crippen molar-refractivity contribution >= 4 is 66.5 Å². The van der Waals surface area contributed by atoms with Crippen molar-refractivity contribution in [3.63, 3.8) is 0 Å². The number of nitrogens with one attached hydrogen (secondary N) is 2. The third-order valence-electron chi connectivity index (χ3n) is 2.91. The van der Waals surface area contributed by atoms with Crippen molar-refractivity contribution in [3.8, 4) is 11.5 Å². The number of phenols is 2. The first-order valence-electron chi connectivity index (χ1n) is 6.25. The summed E-state index contributed by atoms with van der Waals surface area (Å²) in [5.41, 5.74) is 0. The molecule has 2 aromatic rings. The largest absolute Gasteiger partial charge is 0.505 e. The summed E-state index contributed by atoms with van der Waals surface area (Å²) in [7, 11) is -8.85. The number of hydrogen-bond acceptors (Lipinski definition) is 6. The quantitative estimate of drug-likeness (QED) is 0.485. The molecule has 8 nitrogen and oxygen atoms in total. The van der Waals surface area contributed by atoms with E-state index in [2.05, 4.69) is 0 Å². The lowest BCUT2D eigenvalue weighted by Crippen LogP contribution is -2.41. The predicted octanol–water partition coefficient (Wildman–Crippen LogP) is 2.88. The number of aromatic hydroxyl groups is 2. The van der Waals surface area contributed by atoms with Crippen LogP contribution in [0.1, 0.15) is 0 Å². The fourth-order valence-corrected chi connectivity index (χ4v) is 5.06. The molecule has 2 rings (SSSR count). The van der Waals surface area contributed by atoms with E-state index in [1.807, 2.05) is 0 Å². The molecular formula is C12H8Cl4N2O6S2. The van der Waals surface area contributed by atoms with Crippen LogP contribution in [0.25, 0.3) is 0 Å². The van der Waals surface area contributed by atoms with Gasteiger partial charge in [0.1, 0.15) is 0 Å². The molecule has 0 aliphatic heterocycles. The summed E-state index contributed by atoms with van der Waals surface area (Å²) >= 11 is 22.6. The second-order valence-electron chi connectivity index (χ2n) is 4.68. The Kier molecular flexibility index (Phi) is 6.20. The zero-order chi connectivity index (χ0) is 19.9. The Balaban J connectivity index is 2.32. The van der Waals surface area contributed by atoms with Crippen LogP contribution >= 0.6 is 46.4 Å². The van der Waals surface area contributed by atoms with E-state index in [0.29, 0.717) is 0 Å². The summed E-state index contributed by atoms with van der Waals surface area (Å²) in [5, 5.41) is 17.5. The Morgan fingerprint density at radius 3 is 1.08 bits per heavy atom. The molecule has 0 radical (unpaired) electrons. The number of rotatable bonds is 5. The first kappa shape index (κ1) is 21.3. The van der Waals surface area contributed by atoms with Crippen molar-refractivity contribution in [2.75, 3.05) is 0 Å². The topological polar surface area (TPSA) is 133 Å². The van der Waals surface area contributed by atoms with Gasteiger partial charge in [0.2, 0.25) is 0 Å². The van der Waals surface area contributed by atoms with Gasteiger partial charge in [0.15, 0.2) is 11.5 Å². The lowest BCUT2D eigenvalue weighted by atomic mass is 10.3. The summed E-state index contributed by atoms with van der Waals surface area (Å²) in [6.45, 7) is 0. The zero-order valence-electron chi connectivity index (χ0n) is 12.2. The molecular weight excluding hydrogens is 474 g/mol. The molecule has 0 saturated heterocycles. The first-order valence-corrected chi connectivity index (χ1v) is 10.7. The normalized spacial score (nSPS) is 12.3. The van der Waals surface area contributed by atoms with Crippen LogP contribution in [0.4, 0.5) is 0 Å². The molecule has 0 amide bonds. The van der Waals surface area contributed by atoms with Crippen molar-refractivity contribution in [1.29, 1.82) is 0 Å². The van der Waals surface area contributed by atoms with Crippen LogP contribution in [0.5, 0.6) is 11.5 Å². The SMILES string of the molecule is O=S(=O)(NNS(=O)(=O)c1cc(Cl)c(O)c(Cl)c1)c1cc(Cl)c(O)c(Cl)c1. The van der Waals surface area contributed by atoms with Gasteiger partial charge in [-0.25, -0.2) is 16.8 Å². The Hall–Kier alpha value is -0.980. The molecule has 0 aliphatic rings. The molecule has 4 N–H and O–H groups in total. The molecule has 0 aliphatic carbocycles. The minimum absolute atomic E-state index is 0.349. The molecule has 26 heavy (non-hydrogen) atoms. The number of phenolic OH excluding ortho intramolecular Hbond substituents is 2. The van der Waals surface area contributed by atoms with Crippen molar-refractivity contribution in [2.45, 2.75) is 9.79 Å². The Bertz CT molecular complexity index is 955. The highest BCUT2D eigenvalue weighted by molar-refractivity contribution is 7.92. The van der Waals surface area contributed by atoms with Gasteiger partial charge >= 0.3 is 0 Å². The Morgan fingerprint density at radius 2 is 0.846 bits per heavy atom. The van der Waals surface area contributed by atoms with Crippen molar-refractivity contribution in [3.05, 3.63) is 44.4 Å². The van der Waals surface area contributed by atoms with Crippen LogP contribution in [0.3, 0.4) is 0 Å². The molecule has 0 bridgehead atoms. The highest BCUT2D eigenvalue weighted by Gasteiger charge is 2.23. The summed E-state index contributed by atoms with van der Waals surface area (Å²) in [6.07, 6.45) is 0. The highest BCUT2D eigenvalue weighted by Crippen LogP contribution is 2.35. The van der Waals surface area contributed by atoms with Crippen molar-refractivity contribution in [2.24, 2.45) is 0 Å². The number of sulfonamides is 2. The lowest BCUT2D eigenvalue weighted by Gasteiger charge is -2.11. The molecule has 0 saturated carbocycles. The highest BCUT2D eigenvalue weighted by atomic mass is 35.5. The fraction of sp³-hybridized carbons (Fsp3) is 0. The van der Waals surface area contributed by atoms with Crippen molar-refractivity contribution < 1.29 is 27.0 Å². The Morgan fingerprint density at radius 1 is 0.615 bits per heavy atom. The average Bonchev–Trinajstić information content (AvgIpc) is 2.55. The van der Waals surface area contributed by atoms with Gasteiger partial charge in [-0.1, -0.05) is 46.4 Å². The second kappa shape index (κ2) is 7.56. The third-order valence-corrected chi connectivity index (χ3v) is 6.65. The molecule has 14 heteroatoms. The molecule has 142 valence electrons. The Labute approximate surface area is 168 Å². The molecule has 0 unspecified atom stereocenters. The van der Waals surface area contributed by atoms with E-state index in [4.69, 9.17) is 46.4 Å². The van der Waals surface area contributed by atoms with Gasteiger partial charge in [-0.3, -0.25) is 0 Å². The maximum absolute atomic E-state index is 12.2. The molecule has 0 atom stereocenters. The summed E-state index contributed by atoms with van der Waals surface area (Å²) < 4.78 is 48.7. The maximum Gasteiger partial charge on any atom is 0.254 e. The van der Waals surface area contributed by atoms with Gasteiger partial charge in [-0.15, -0.1) is 9.66 Å². The van der Waals surface area contributed by atoms with Gasteiger partial charge < -0.3 is 10.2 Å². The third kappa shape index (κ3) is 4.46. The number of hydrazine groups is 1. The molecule has 0 heterocycles. The van der Waals surface area contributed by atoms with Crippen molar-refractivity contribution in [1.82, 2.24) is 9.66 Å². The van der Waals surface area contributed by atoms with Crippen LogP contribution in [-0.4, -0.2) is 27.0 Å². The van der Waals surface area contributed by atoms with Gasteiger partial charge in [0.05, 0.1) is 29.9 Å². The summed E-state index contributed by atoms with van der Waals surface area (Å²) in [4.78, 5) is 2.25. The van der Waals surface area contributed by atoms with Gasteiger partial charge in [-0.2, -0.15) is 0 Å². The first-order chi connectivity index (χ1) is 11.8. The van der Waals surface area contributed by atoms with E-state index in [1.54, 1.807) is 9.66 Å². The summed E-state index contributed by atoms with van der Waals surface area (Å²) in [6, 6.07) is 3.47. The van der Waals surface area contributed by atoms with E-state index in [0.717, 1.165) is 24.3 Å². The van der Waals surface area contributed by atoms with Crippen LogP contribution in [0, 0.1) is 0 Å². The zero-order valence-corrected chi connectivity index (χ0v) is 16.8. The van der Waals surface area contributed by atoms with Crippen LogP contribution in [0.2, 0.25) is 20.1 Å². The van der Waals surface area contributed by atoms with Crippen LogP contribution in [-0.2, 0) is 20.0 Å². The predicted molar refractivity (Wildman–Crippen MR) is 96.9 cm³/mol. The number of hydrogen-bond donors (Lipinski definition) is 4. The standard InChI is InChI=1S/C12H8Cl4N2O6S2/c13-7-1-5(2-8(14)11(7)19)25(21,22)17-18-26(23,24)6-3-9(15)12(20)10(16)4-6/h1-4,17-20H. The van der Waals surface area contributed by atoms with Gasteiger partial charge in [-0.05, 0) is 24.3 Å². The minimum Gasteiger partial charge on any atom is -0.505 e. The molecule has 2 aromatic carbocycles. The second-order valence-corrected chi connectivity index (χ2v) is 9.68. The average molecular weight is 482 g/mol. The lowest BCUT2D eigenvalue weighted by molar-refractivity contribution is 0.474. The number of halogens is 4. The summed E-state index contributed by atoms with van der Waals surface area (Å²) in [5.74, 6) is -1.05. The molecule has 0 spiro atoms. The van der Waals surface area contributed by atoms with Crippen LogP contribution in [0.15, 0.2) is 34.1 Å². The van der Waals surface area contributed by atoms with E-state index >= 15 is 0 Å². The smallest absolute Gasteiger partial charge is 0.254 e. The van der Waals surface area contributed by atoms with Crippen LogP contribution < -0.4 is 9.66 Å².